The van der Waals surface area contributed by atoms with Crippen LogP contribution >= 0.6 is 0 Å². The number of hydroxylamine groups is 1. The molecule has 7 nitrogen and oxygen atoms in total. The largest absolute Gasteiger partial charge is 0.337 e. The van der Waals surface area contributed by atoms with Crippen LogP contribution in [0.4, 0.5) is 0 Å². The number of hydrogen-bond donors (Lipinski definition) is 1. The Kier molecular flexibility index (Phi) is 6.19. The van der Waals surface area contributed by atoms with Crippen LogP contribution in [0, 0.1) is 0 Å². The first-order chi connectivity index (χ1) is 11.2. The fourth-order valence-electron chi connectivity index (χ4n) is 1.69. The quantitative estimate of drug-likeness (QED) is 0.509. The van der Waals surface area contributed by atoms with Crippen molar-refractivity contribution < 1.29 is 14.4 Å². The molecule has 2 aromatic rings. The second-order valence-electron chi connectivity index (χ2n) is 4.72. The average molecular weight is 314 g/mol. The van der Waals surface area contributed by atoms with Crippen LogP contribution < -0.4 is 10.8 Å². The third kappa shape index (κ3) is 5.15. The first-order valence-electron chi connectivity index (χ1n) is 7.32. The molecule has 2 amide bonds. The highest BCUT2D eigenvalue weighted by Gasteiger charge is 2.11. The Hall–Kier alpha value is -2.80. The van der Waals surface area contributed by atoms with Crippen LogP contribution in [-0.4, -0.2) is 28.2 Å². The normalized spacial score (nSPS) is 11.3. The number of aromatic nitrogens is 2. The predicted octanol–water partition coefficient (Wildman–Crippen LogP) is 1.15. The molecule has 0 saturated carbocycles. The average Bonchev–Trinajstić information content (AvgIpc) is 2.60. The van der Waals surface area contributed by atoms with Crippen molar-refractivity contribution in [3.63, 3.8) is 0 Å². The summed E-state index contributed by atoms with van der Waals surface area (Å²) < 4.78 is 1.64. The molecule has 0 atom stereocenters. The van der Waals surface area contributed by atoms with Gasteiger partial charge < -0.3 is 0 Å². The van der Waals surface area contributed by atoms with Crippen molar-refractivity contribution in [2.24, 2.45) is 4.99 Å². The lowest BCUT2D eigenvalue weighted by Crippen LogP contribution is -2.31. The van der Waals surface area contributed by atoms with Crippen LogP contribution in [0.25, 0.3) is 5.69 Å². The number of carbonyl (C=O) groups is 2. The highest BCUT2D eigenvalue weighted by molar-refractivity contribution is 6.35. The maximum absolute atomic E-state index is 11.6. The summed E-state index contributed by atoms with van der Waals surface area (Å²) in [6, 6.07) is 11.1. The summed E-state index contributed by atoms with van der Waals surface area (Å²) in [5.41, 5.74) is 2.95. The molecule has 120 valence electrons. The SMILES string of the molecule is CCCCONC(=O)C(=O)N=c1ccn(-c2ccccc2)nc1. The molecule has 0 aliphatic heterocycles. The molecule has 0 bridgehead atoms. The van der Waals surface area contributed by atoms with E-state index in [1.807, 2.05) is 37.3 Å². The number of unbranched alkanes of at least 4 members (excludes halogenated alkanes) is 1. The molecule has 2 rings (SSSR count). The molecule has 1 N–H and O–H groups in total. The molecular weight excluding hydrogens is 296 g/mol. The van der Waals surface area contributed by atoms with Crippen molar-refractivity contribution in [2.45, 2.75) is 19.8 Å². The summed E-state index contributed by atoms with van der Waals surface area (Å²) in [7, 11) is 0. The van der Waals surface area contributed by atoms with Gasteiger partial charge in [-0.25, -0.2) is 15.2 Å². The van der Waals surface area contributed by atoms with Crippen molar-refractivity contribution in [3.8, 4) is 5.69 Å². The molecule has 23 heavy (non-hydrogen) atoms. The zero-order chi connectivity index (χ0) is 16.5. The molecule has 0 spiro atoms. The van der Waals surface area contributed by atoms with Crippen molar-refractivity contribution in [1.82, 2.24) is 15.3 Å². The molecule has 1 aromatic heterocycles. The second kappa shape index (κ2) is 8.60. The molecule has 1 aromatic carbocycles. The van der Waals surface area contributed by atoms with E-state index in [0.29, 0.717) is 12.0 Å². The Bertz CT molecular complexity index is 705. The van der Waals surface area contributed by atoms with Crippen LogP contribution in [0.15, 0.2) is 53.8 Å². The minimum Gasteiger partial charge on any atom is -0.273 e. The second-order valence-corrected chi connectivity index (χ2v) is 4.72. The van der Waals surface area contributed by atoms with Gasteiger partial charge in [0.25, 0.3) is 0 Å². The maximum atomic E-state index is 11.6. The summed E-state index contributed by atoms with van der Waals surface area (Å²) in [6.45, 7) is 2.36. The number of benzene rings is 1. The summed E-state index contributed by atoms with van der Waals surface area (Å²) in [4.78, 5) is 31.7. The Balaban J connectivity index is 1.99. The van der Waals surface area contributed by atoms with E-state index >= 15 is 0 Å². The lowest BCUT2D eigenvalue weighted by Gasteiger charge is -2.03. The Morgan fingerprint density at radius 1 is 1.26 bits per heavy atom. The van der Waals surface area contributed by atoms with Crippen LogP contribution in [0.3, 0.4) is 0 Å². The van der Waals surface area contributed by atoms with E-state index in [2.05, 4.69) is 15.6 Å². The molecular formula is C16H18N4O3. The van der Waals surface area contributed by atoms with Crippen LogP contribution in [0.5, 0.6) is 0 Å². The lowest BCUT2D eigenvalue weighted by atomic mass is 10.3. The monoisotopic (exact) mass is 314 g/mol. The van der Waals surface area contributed by atoms with Gasteiger partial charge in [-0.1, -0.05) is 31.5 Å². The maximum Gasteiger partial charge on any atom is 0.337 e. The highest BCUT2D eigenvalue weighted by atomic mass is 16.7. The number of nitrogens with one attached hydrogen (secondary N) is 1. The number of amides is 2. The van der Waals surface area contributed by atoms with E-state index in [1.54, 1.807) is 16.9 Å². The number of para-hydroxylation sites is 1. The zero-order valence-corrected chi connectivity index (χ0v) is 12.8. The molecule has 7 heteroatoms. The van der Waals surface area contributed by atoms with E-state index in [1.165, 1.54) is 6.20 Å². The van der Waals surface area contributed by atoms with E-state index < -0.39 is 11.8 Å². The van der Waals surface area contributed by atoms with Gasteiger partial charge in [-0.3, -0.25) is 14.4 Å². The Morgan fingerprint density at radius 2 is 2.04 bits per heavy atom. The molecule has 1 heterocycles. The standard InChI is InChI=1S/C16H18N4O3/c1-2-3-11-23-19-16(22)15(21)18-13-9-10-20(17-12-13)14-7-5-4-6-8-14/h4-10,12H,2-3,11H2,1H3,(H,19,22). The van der Waals surface area contributed by atoms with Gasteiger partial charge in [0.05, 0.1) is 23.8 Å². The minimum absolute atomic E-state index is 0.297. The van der Waals surface area contributed by atoms with Crippen molar-refractivity contribution >= 4 is 11.8 Å². The third-order valence-electron chi connectivity index (χ3n) is 2.91. The summed E-state index contributed by atoms with van der Waals surface area (Å²) in [6.07, 6.45) is 4.81. The zero-order valence-electron chi connectivity index (χ0n) is 12.8. The number of nitrogens with zero attached hydrogens (tertiary/aromatic N) is 3. The number of carbonyl (C=O) groups excluding carboxylic acids is 2. The fourth-order valence-corrected chi connectivity index (χ4v) is 1.69. The molecule has 0 radical (unpaired) electrons. The topological polar surface area (TPSA) is 85.6 Å². The number of rotatable bonds is 5. The van der Waals surface area contributed by atoms with E-state index in [0.717, 1.165) is 18.5 Å². The van der Waals surface area contributed by atoms with Crippen molar-refractivity contribution in [3.05, 3.63) is 54.1 Å². The summed E-state index contributed by atoms with van der Waals surface area (Å²) in [5, 5.41) is 4.45. The van der Waals surface area contributed by atoms with E-state index in [4.69, 9.17) is 4.84 Å². The van der Waals surface area contributed by atoms with Gasteiger partial charge in [0.2, 0.25) is 0 Å². The molecule has 0 aliphatic rings. The van der Waals surface area contributed by atoms with Crippen molar-refractivity contribution in [2.75, 3.05) is 6.61 Å². The Labute approximate surface area is 133 Å². The van der Waals surface area contributed by atoms with Gasteiger partial charge in [-0.05, 0) is 24.6 Å². The van der Waals surface area contributed by atoms with Gasteiger partial charge >= 0.3 is 11.8 Å². The van der Waals surface area contributed by atoms with Gasteiger partial charge in [0, 0.05) is 6.20 Å². The van der Waals surface area contributed by atoms with E-state index in [9.17, 15) is 9.59 Å². The smallest absolute Gasteiger partial charge is 0.273 e. The summed E-state index contributed by atoms with van der Waals surface area (Å²) in [5.74, 6) is -1.83. The summed E-state index contributed by atoms with van der Waals surface area (Å²) >= 11 is 0. The minimum atomic E-state index is -0.930. The first kappa shape index (κ1) is 16.6. The third-order valence-corrected chi connectivity index (χ3v) is 2.91. The van der Waals surface area contributed by atoms with Crippen LogP contribution in [0.1, 0.15) is 19.8 Å². The molecule has 0 unspecified atom stereocenters. The van der Waals surface area contributed by atoms with Gasteiger partial charge in [-0.2, -0.15) is 5.10 Å². The molecule has 0 aliphatic carbocycles. The lowest BCUT2D eigenvalue weighted by molar-refractivity contribution is -0.145. The fraction of sp³-hybridized carbons (Fsp3) is 0.250. The van der Waals surface area contributed by atoms with Gasteiger partial charge in [-0.15, -0.1) is 0 Å². The van der Waals surface area contributed by atoms with Crippen molar-refractivity contribution in [1.29, 1.82) is 0 Å². The number of hydrogen-bond acceptors (Lipinski definition) is 4. The van der Waals surface area contributed by atoms with Crippen LogP contribution in [0.2, 0.25) is 0 Å². The van der Waals surface area contributed by atoms with Gasteiger partial charge in [0.15, 0.2) is 0 Å². The van der Waals surface area contributed by atoms with Gasteiger partial charge in [0.1, 0.15) is 0 Å². The van der Waals surface area contributed by atoms with E-state index in [-0.39, 0.29) is 0 Å². The molecule has 0 fully saturated rings. The first-order valence-corrected chi connectivity index (χ1v) is 7.32. The molecule has 0 saturated heterocycles. The highest BCUT2D eigenvalue weighted by Crippen LogP contribution is 2.02. The van der Waals surface area contributed by atoms with Crippen LogP contribution in [-0.2, 0) is 14.4 Å². The Morgan fingerprint density at radius 3 is 2.70 bits per heavy atom. The predicted molar refractivity (Wildman–Crippen MR) is 83.1 cm³/mol.